The van der Waals surface area contributed by atoms with E-state index < -0.39 is 6.10 Å². The lowest BCUT2D eigenvalue weighted by molar-refractivity contribution is 0.0658. The molecule has 1 heterocycles. The minimum atomic E-state index is -0.551. The highest BCUT2D eigenvalue weighted by Gasteiger charge is 2.29. The number of aliphatic hydroxyl groups excluding tert-OH is 1. The molecule has 0 aromatic heterocycles. The fourth-order valence-corrected chi connectivity index (χ4v) is 2.77. The van der Waals surface area contributed by atoms with Crippen LogP contribution in [0.3, 0.4) is 0 Å². The van der Waals surface area contributed by atoms with E-state index in [4.69, 9.17) is 27.9 Å². The summed E-state index contributed by atoms with van der Waals surface area (Å²) in [7, 11) is 0. The normalized spacial score (nSPS) is 21.6. The van der Waals surface area contributed by atoms with E-state index in [2.05, 4.69) is 0 Å². The van der Waals surface area contributed by atoms with Gasteiger partial charge in [-0.3, -0.25) is 0 Å². The first kappa shape index (κ1) is 12.8. The second-order valence-electron chi connectivity index (χ2n) is 4.56. The molecule has 1 unspecified atom stereocenters. The molecular formula is C15H12Cl2O2. The van der Waals surface area contributed by atoms with E-state index in [0.29, 0.717) is 22.2 Å². The number of aliphatic hydroxyl groups is 1. The van der Waals surface area contributed by atoms with Crippen molar-refractivity contribution >= 4 is 23.2 Å². The zero-order chi connectivity index (χ0) is 13.4. The van der Waals surface area contributed by atoms with Crippen LogP contribution in [0.15, 0.2) is 42.5 Å². The molecule has 0 radical (unpaired) electrons. The highest BCUT2D eigenvalue weighted by atomic mass is 35.5. The van der Waals surface area contributed by atoms with Gasteiger partial charge in [0, 0.05) is 27.6 Å². The summed E-state index contributed by atoms with van der Waals surface area (Å²) in [4.78, 5) is 0. The van der Waals surface area contributed by atoms with Gasteiger partial charge in [0.15, 0.2) is 0 Å². The van der Waals surface area contributed by atoms with Crippen LogP contribution in [-0.4, -0.2) is 5.11 Å². The van der Waals surface area contributed by atoms with Gasteiger partial charge < -0.3 is 9.84 Å². The molecule has 1 aliphatic rings. The van der Waals surface area contributed by atoms with E-state index in [0.717, 1.165) is 11.1 Å². The van der Waals surface area contributed by atoms with Crippen molar-refractivity contribution in [1.29, 1.82) is 0 Å². The quantitative estimate of drug-likeness (QED) is 0.836. The van der Waals surface area contributed by atoms with Crippen LogP contribution in [0.4, 0.5) is 0 Å². The van der Waals surface area contributed by atoms with Crippen molar-refractivity contribution in [2.24, 2.45) is 0 Å². The molecule has 0 fully saturated rings. The van der Waals surface area contributed by atoms with E-state index in [1.807, 2.05) is 24.3 Å². The Morgan fingerprint density at radius 3 is 2.68 bits per heavy atom. The molecule has 0 saturated carbocycles. The van der Waals surface area contributed by atoms with Crippen molar-refractivity contribution in [3.63, 3.8) is 0 Å². The summed E-state index contributed by atoms with van der Waals surface area (Å²) in [6.45, 7) is 0. The number of para-hydroxylation sites is 1. The topological polar surface area (TPSA) is 29.5 Å². The lowest BCUT2D eigenvalue weighted by atomic mass is 9.95. The van der Waals surface area contributed by atoms with Gasteiger partial charge >= 0.3 is 0 Å². The molecule has 3 rings (SSSR count). The minimum absolute atomic E-state index is 0.281. The van der Waals surface area contributed by atoms with Crippen molar-refractivity contribution in [1.82, 2.24) is 0 Å². The second-order valence-corrected chi connectivity index (χ2v) is 5.41. The Labute approximate surface area is 121 Å². The van der Waals surface area contributed by atoms with Gasteiger partial charge in [-0.15, -0.1) is 0 Å². The predicted octanol–water partition coefficient (Wildman–Crippen LogP) is 4.55. The Morgan fingerprint density at radius 1 is 1.05 bits per heavy atom. The number of halogens is 2. The largest absolute Gasteiger partial charge is 0.485 e. The van der Waals surface area contributed by atoms with Gasteiger partial charge in [-0.25, -0.2) is 0 Å². The predicted molar refractivity (Wildman–Crippen MR) is 75.8 cm³/mol. The molecule has 0 aliphatic carbocycles. The van der Waals surface area contributed by atoms with Crippen LogP contribution < -0.4 is 4.74 Å². The lowest BCUT2D eigenvalue weighted by Crippen LogP contribution is -2.19. The standard InChI is InChI=1S/C15H12Cl2O2/c16-9-5-6-12(17)11(7-9)15-8-13(18)10-3-1-2-4-14(10)19-15/h1-7,13,15,18H,8H2/t13-,15?/m1/s1. The zero-order valence-electron chi connectivity index (χ0n) is 10.0. The fourth-order valence-electron chi connectivity index (χ4n) is 2.35. The fraction of sp³-hybridized carbons (Fsp3) is 0.200. The first-order valence-electron chi connectivity index (χ1n) is 6.04. The summed E-state index contributed by atoms with van der Waals surface area (Å²) >= 11 is 12.2. The van der Waals surface area contributed by atoms with Crippen LogP contribution >= 0.6 is 23.2 Å². The molecular weight excluding hydrogens is 283 g/mol. The maximum absolute atomic E-state index is 10.2. The van der Waals surface area contributed by atoms with E-state index in [-0.39, 0.29) is 6.10 Å². The molecule has 98 valence electrons. The summed E-state index contributed by atoms with van der Waals surface area (Å²) in [6.07, 6.45) is -0.363. The lowest BCUT2D eigenvalue weighted by Gasteiger charge is -2.30. The van der Waals surface area contributed by atoms with Gasteiger partial charge in [-0.1, -0.05) is 41.4 Å². The first-order chi connectivity index (χ1) is 9.15. The van der Waals surface area contributed by atoms with Crippen LogP contribution in [-0.2, 0) is 0 Å². The molecule has 0 saturated heterocycles. The molecule has 0 amide bonds. The Kier molecular flexibility index (Phi) is 3.40. The molecule has 1 N–H and O–H groups in total. The smallest absolute Gasteiger partial charge is 0.128 e. The minimum Gasteiger partial charge on any atom is -0.485 e. The number of benzene rings is 2. The Morgan fingerprint density at radius 2 is 1.84 bits per heavy atom. The molecule has 4 heteroatoms. The van der Waals surface area contributed by atoms with E-state index in [1.54, 1.807) is 18.2 Å². The SMILES string of the molecule is O[C@@H]1CC(c2cc(Cl)ccc2Cl)Oc2ccccc21. The van der Waals surface area contributed by atoms with Crippen molar-refractivity contribution in [3.05, 3.63) is 63.6 Å². The molecule has 2 nitrogen and oxygen atoms in total. The van der Waals surface area contributed by atoms with Gasteiger partial charge in [0.1, 0.15) is 11.9 Å². The zero-order valence-corrected chi connectivity index (χ0v) is 11.5. The van der Waals surface area contributed by atoms with Crippen LogP contribution in [0.2, 0.25) is 10.0 Å². The molecule has 0 bridgehead atoms. The molecule has 0 spiro atoms. The number of hydrogen-bond donors (Lipinski definition) is 1. The first-order valence-corrected chi connectivity index (χ1v) is 6.79. The van der Waals surface area contributed by atoms with Crippen LogP contribution in [0.1, 0.15) is 29.8 Å². The number of ether oxygens (including phenoxy) is 1. The van der Waals surface area contributed by atoms with Gasteiger partial charge in [0.25, 0.3) is 0 Å². The van der Waals surface area contributed by atoms with Gasteiger partial charge in [0.05, 0.1) is 6.10 Å². The highest BCUT2D eigenvalue weighted by Crippen LogP contribution is 2.42. The monoisotopic (exact) mass is 294 g/mol. The van der Waals surface area contributed by atoms with Gasteiger partial charge in [-0.2, -0.15) is 0 Å². The number of rotatable bonds is 1. The number of hydrogen-bond acceptors (Lipinski definition) is 2. The molecule has 2 aromatic rings. The van der Waals surface area contributed by atoms with E-state index in [1.165, 1.54) is 0 Å². The van der Waals surface area contributed by atoms with Crippen LogP contribution in [0.25, 0.3) is 0 Å². The molecule has 19 heavy (non-hydrogen) atoms. The van der Waals surface area contributed by atoms with Gasteiger partial charge in [0.2, 0.25) is 0 Å². The third-order valence-corrected chi connectivity index (χ3v) is 3.87. The Hall–Kier alpha value is -1.22. The molecule has 2 atom stereocenters. The van der Waals surface area contributed by atoms with Crippen molar-refractivity contribution in [3.8, 4) is 5.75 Å². The number of fused-ring (bicyclic) bond motifs is 1. The second kappa shape index (κ2) is 5.04. The summed E-state index contributed by atoms with van der Waals surface area (Å²) in [6, 6.07) is 12.8. The van der Waals surface area contributed by atoms with Crippen LogP contribution in [0.5, 0.6) is 5.75 Å². The van der Waals surface area contributed by atoms with Gasteiger partial charge in [-0.05, 0) is 24.3 Å². The van der Waals surface area contributed by atoms with Crippen molar-refractivity contribution < 1.29 is 9.84 Å². The van der Waals surface area contributed by atoms with E-state index >= 15 is 0 Å². The summed E-state index contributed by atoms with van der Waals surface area (Å²) < 4.78 is 5.92. The molecule has 1 aliphatic heterocycles. The average molecular weight is 295 g/mol. The maximum Gasteiger partial charge on any atom is 0.128 e. The average Bonchev–Trinajstić information content (AvgIpc) is 2.41. The maximum atomic E-state index is 10.2. The Bertz CT molecular complexity index is 613. The summed E-state index contributed by atoms with van der Waals surface area (Å²) in [5, 5.41) is 11.4. The third kappa shape index (κ3) is 2.44. The Balaban J connectivity index is 1.99. The van der Waals surface area contributed by atoms with E-state index in [9.17, 15) is 5.11 Å². The summed E-state index contributed by atoms with van der Waals surface area (Å²) in [5.41, 5.74) is 1.62. The summed E-state index contributed by atoms with van der Waals surface area (Å²) in [5.74, 6) is 0.697. The van der Waals surface area contributed by atoms with Crippen molar-refractivity contribution in [2.45, 2.75) is 18.6 Å². The van der Waals surface area contributed by atoms with Crippen LogP contribution in [0, 0.1) is 0 Å². The van der Waals surface area contributed by atoms with Crippen molar-refractivity contribution in [2.75, 3.05) is 0 Å². The highest BCUT2D eigenvalue weighted by molar-refractivity contribution is 6.33. The molecule has 2 aromatic carbocycles. The third-order valence-electron chi connectivity index (χ3n) is 3.29.